The topological polar surface area (TPSA) is 60.0 Å². The van der Waals surface area contributed by atoms with Gasteiger partial charge in [0.15, 0.2) is 11.5 Å². The third-order valence-electron chi connectivity index (χ3n) is 10.6. The van der Waals surface area contributed by atoms with E-state index in [9.17, 15) is 5.11 Å². The van der Waals surface area contributed by atoms with E-state index in [2.05, 4.69) is 38.2 Å². The zero-order valence-electron chi connectivity index (χ0n) is 19.8. The van der Waals surface area contributed by atoms with Gasteiger partial charge in [0.1, 0.15) is 11.7 Å². The first-order valence-electron chi connectivity index (χ1n) is 12.0. The van der Waals surface area contributed by atoms with Crippen LogP contribution in [0.4, 0.5) is 0 Å². The summed E-state index contributed by atoms with van der Waals surface area (Å²) in [6, 6.07) is 4.73. The molecule has 0 radical (unpaired) electrons. The Balaban J connectivity index is 1.64. The highest BCUT2D eigenvalue weighted by molar-refractivity contribution is 5.63. The molecule has 2 N–H and O–H groups in total. The van der Waals surface area contributed by atoms with Crippen LogP contribution in [0.5, 0.6) is 11.5 Å². The maximum Gasteiger partial charge on any atom is 0.165 e. The summed E-state index contributed by atoms with van der Waals surface area (Å²) in [5.41, 5.74) is 1.13. The van der Waals surface area contributed by atoms with Gasteiger partial charge in [-0.2, -0.15) is 0 Å². The van der Waals surface area contributed by atoms with Crippen molar-refractivity contribution >= 4 is 0 Å². The number of ether oxygens (including phenoxy) is 3. The Morgan fingerprint density at radius 3 is 2.58 bits per heavy atom. The number of nitrogens with one attached hydrogen (secondary N) is 1. The van der Waals surface area contributed by atoms with E-state index in [0.717, 1.165) is 50.1 Å². The summed E-state index contributed by atoms with van der Waals surface area (Å²) in [5, 5.41) is 15.9. The molecule has 3 saturated carbocycles. The van der Waals surface area contributed by atoms with E-state index < -0.39 is 11.2 Å². The quantitative estimate of drug-likeness (QED) is 0.772. The zero-order chi connectivity index (χ0) is 22.0. The molecule has 2 heterocycles. The Morgan fingerprint density at radius 1 is 1.13 bits per heavy atom. The molecule has 7 atom stereocenters. The fourth-order valence-electron chi connectivity index (χ4n) is 8.68. The van der Waals surface area contributed by atoms with E-state index in [0.29, 0.717) is 6.04 Å². The van der Waals surface area contributed by atoms with Crippen molar-refractivity contribution in [2.45, 2.75) is 88.6 Å². The number of piperidine rings is 1. The van der Waals surface area contributed by atoms with Crippen LogP contribution < -0.4 is 14.8 Å². The fourth-order valence-corrected chi connectivity index (χ4v) is 8.68. The normalized spacial score (nSPS) is 43.8. The number of aliphatic hydroxyl groups is 1. The molecule has 4 aliphatic carbocycles. The van der Waals surface area contributed by atoms with Crippen molar-refractivity contribution in [2.75, 3.05) is 20.8 Å². The van der Waals surface area contributed by atoms with Crippen LogP contribution >= 0.6 is 0 Å². The van der Waals surface area contributed by atoms with Gasteiger partial charge in [0.25, 0.3) is 0 Å². The number of hydrogen-bond donors (Lipinski definition) is 2. The lowest BCUT2D eigenvalue weighted by atomic mass is 9.33. The molecule has 4 bridgehead atoms. The first-order chi connectivity index (χ1) is 14.6. The summed E-state index contributed by atoms with van der Waals surface area (Å²) in [6.45, 7) is 9.48. The Labute approximate surface area is 185 Å². The summed E-state index contributed by atoms with van der Waals surface area (Å²) in [5.74, 6) is 1.77. The molecule has 2 aliphatic heterocycles. The van der Waals surface area contributed by atoms with E-state index in [1.165, 1.54) is 11.1 Å². The predicted molar refractivity (Wildman–Crippen MR) is 119 cm³/mol. The van der Waals surface area contributed by atoms with Crippen LogP contribution in [0, 0.1) is 16.7 Å². The van der Waals surface area contributed by atoms with Crippen LogP contribution in [0.15, 0.2) is 12.1 Å². The van der Waals surface area contributed by atoms with E-state index >= 15 is 0 Å². The minimum absolute atomic E-state index is 0.00105. The molecule has 0 aromatic heterocycles. The van der Waals surface area contributed by atoms with E-state index in [4.69, 9.17) is 14.2 Å². The van der Waals surface area contributed by atoms with Gasteiger partial charge < -0.3 is 24.6 Å². The molecule has 1 aromatic carbocycles. The highest BCUT2D eigenvalue weighted by Gasteiger charge is 2.81. The molecule has 7 rings (SSSR count). The first-order valence-corrected chi connectivity index (χ1v) is 12.0. The lowest BCUT2D eigenvalue weighted by molar-refractivity contribution is -0.303. The number of benzene rings is 1. The van der Waals surface area contributed by atoms with Crippen molar-refractivity contribution in [2.24, 2.45) is 16.7 Å². The molecule has 7 unspecified atom stereocenters. The molecular formula is C26H37NO4. The van der Waals surface area contributed by atoms with E-state index in [1.807, 2.05) is 14.0 Å². The van der Waals surface area contributed by atoms with E-state index in [-0.39, 0.29) is 28.3 Å². The van der Waals surface area contributed by atoms with Crippen LogP contribution in [0.2, 0.25) is 0 Å². The SMILES string of the molecule is COc1ccc2c3c1OC1C4(OC)CCC5(CC4C(C)(O)C(C)(C)C)C(C2)NCCC315. The number of rotatable bonds is 3. The van der Waals surface area contributed by atoms with Crippen LogP contribution in [0.3, 0.4) is 0 Å². The van der Waals surface area contributed by atoms with Crippen molar-refractivity contribution in [1.82, 2.24) is 5.32 Å². The summed E-state index contributed by atoms with van der Waals surface area (Å²) in [6.07, 6.45) is 4.99. The predicted octanol–water partition coefficient (Wildman–Crippen LogP) is 3.59. The largest absolute Gasteiger partial charge is 0.493 e. The Hall–Kier alpha value is -1.30. The minimum Gasteiger partial charge on any atom is -0.493 e. The van der Waals surface area contributed by atoms with Gasteiger partial charge in [-0.25, -0.2) is 0 Å². The molecule has 1 saturated heterocycles. The van der Waals surface area contributed by atoms with Crippen LogP contribution in [0.1, 0.15) is 64.5 Å². The molecule has 5 heteroatoms. The van der Waals surface area contributed by atoms with Gasteiger partial charge >= 0.3 is 0 Å². The Kier molecular flexibility index (Phi) is 3.79. The van der Waals surface area contributed by atoms with Gasteiger partial charge in [-0.3, -0.25) is 0 Å². The van der Waals surface area contributed by atoms with Gasteiger partial charge in [-0.15, -0.1) is 0 Å². The van der Waals surface area contributed by atoms with Crippen molar-refractivity contribution in [3.63, 3.8) is 0 Å². The number of hydrogen-bond acceptors (Lipinski definition) is 5. The minimum atomic E-state index is -0.880. The smallest absolute Gasteiger partial charge is 0.165 e. The van der Waals surface area contributed by atoms with Gasteiger partial charge in [-0.05, 0) is 62.6 Å². The van der Waals surface area contributed by atoms with Crippen LogP contribution in [-0.2, 0) is 16.6 Å². The average molecular weight is 428 g/mol. The van der Waals surface area contributed by atoms with Gasteiger partial charge in [-0.1, -0.05) is 26.8 Å². The average Bonchev–Trinajstić information content (AvgIpc) is 3.09. The van der Waals surface area contributed by atoms with Gasteiger partial charge in [0.2, 0.25) is 0 Å². The molecule has 0 amide bonds. The lowest BCUT2D eigenvalue weighted by Crippen LogP contribution is -2.83. The maximum atomic E-state index is 12.0. The highest BCUT2D eigenvalue weighted by atomic mass is 16.6. The molecule has 5 nitrogen and oxygen atoms in total. The first kappa shape index (κ1) is 20.3. The van der Waals surface area contributed by atoms with Gasteiger partial charge in [0, 0.05) is 35.5 Å². The highest BCUT2D eigenvalue weighted by Crippen LogP contribution is 2.77. The molecule has 31 heavy (non-hydrogen) atoms. The van der Waals surface area contributed by atoms with Crippen LogP contribution in [-0.4, -0.2) is 49.2 Å². The second kappa shape index (κ2) is 5.78. The third-order valence-corrected chi connectivity index (χ3v) is 10.6. The fraction of sp³-hybridized carbons (Fsp3) is 0.769. The van der Waals surface area contributed by atoms with Crippen LogP contribution in [0.25, 0.3) is 0 Å². The Bertz CT molecular complexity index is 951. The monoisotopic (exact) mass is 427 g/mol. The van der Waals surface area contributed by atoms with E-state index in [1.54, 1.807) is 7.11 Å². The number of methoxy groups -OCH3 is 2. The van der Waals surface area contributed by atoms with Crippen molar-refractivity contribution in [1.29, 1.82) is 0 Å². The molecule has 170 valence electrons. The molecule has 6 aliphatic rings. The molecular weight excluding hydrogens is 390 g/mol. The molecule has 1 aromatic rings. The maximum absolute atomic E-state index is 12.0. The second-order valence-electron chi connectivity index (χ2n) is 12.0. The Morgan fingerprint density at radius 2 is 1.90 bits per heavy atom. The molecule has 4 fully saturated rings. The second-order valence-corrected chi connectivity index (χ2v) is 12.0. The zero-order valence-corrected chi connectivity index (χ0v) is 19.8. The summed E-state index contributed by atoms with van der Waals surface area (Å²) >= 11 is 0. The third kappa shape index (κ3) is 1.98. The molecule has 2 spiro atoms. The van der Waals surface area contributed by atoms with Crippen molar-refractivity contribution in [3.8, 4) is 11.5 Å². The van der Waals surface area contributed by atoms with Crippen molar-refractivity contribution in [3.05, 3.63) is 23.3 Å². The lowest BCUT2D eigenvalue weighted by Gasteiger charge is -2.74. The number of fused-ring (bicyclic) bond motifs is 2. The summed E-state index contributed by atoms with van der Waals surface area (Å²) < 4.78 is 19.3. The summed E-state index contributed by atoms with van der Waals surface area (Å²) in [7, 11) is 3.57. The summed E-state index contributed by atoms with van der Waals surface area (Å²) in [4.78, 5) is 0. The van der Waals surface area contributed by atoms with Crippen molar-refractivity contribution < 1.29 is 19.3 Å². The van der Waals surface area contributed by atoms with Gasteiger partial charge in [0.05, 0.1) is 12.7 Å². The standard InChI is InChI=1S/C26H37NO4/c1-22(2,3)23(4,28)17-14-24-9-10-26(17,30-6)21-25(24)11-12-27-18(24)13-15-7-8-16(29-5)20(31-21)19(15)25/h7-8,17-18,21,27-28H,9-14H2,1-6H3.